The molecule has 0 unspecified atom stereocenters. The molecule has 0 aromatic heterocycles. The maximum Gasteiger partial charge on any atom is 0.344 e. The molecule has 1 heterocycles. The van der Waals surface area contributed by atoms with E-state index in [2.05, 4.69) is 16.1 Å². The van der Waals surface area contributed by atoms with Crippen LogP contribution in [-0.2, 0) is 16.9 Å². The quantitative estimate of drug-likeness (QED) is 0.567. The van der Waals surface area contributed by atoms with E-state index in [0.717, 1.165) is 10.6 Å². The van der Waals surface area contributed by atoms with Crippen LogP contribution >= 0.6 is 12.2 Å². The number of hydrogen-bond donors (Lipinski definition) is 3. The molecule has 3 rings (SSSR count). The smallest absolute Gasteiger partial charge is 0.344 e. The first-order chi connectivity index (χ1) is 12.4. The van der Waals surface area contributed by atoms with Crippen molar-refractivity contribution in [3.8, 4) is 0 Å². The van der Waals surface area contributed by atoms with E-state index in [9.17, 15) is 14.0 Å². The molecule has 0 spiro atoms. The van der Waals surface area contributed by atoms with Crippen molar-refractivity contribution in [2.24, 2.45) is 0 Å². The van der Waals surface area contributed by atoms with Crippen molar-refractivity contribution < 1.29 is 14.0 Å². The van der Waals surface area contributed by atoms with Gasteiger partial charge in [0.05, 0.1) is 0 Å². The van der Waals surface area contributed by atoms with Crippen molar-refractivity contribution in [1.29, 1.82) is 0 Å². The number of hydrazine groups is 1. The summed E-state index contributed by atoms with van der Waals surface area (Å²) in [5.74, 6) is -0.784. The SMILES string of the molecule is C[C@@]1(c2ccccc2)NC(=O)N(NC(=S)NCc2ccc(F)cc2)C1=O. The number of carbonyl (C=O) groups excluding carboxylic acids is 2. The number of halogens is 1. The van der Waals surface area contributed by atoms with Gasteiger partial charge in [-0.1, -0.05) is 42.5 Å². The standard InChI is InChI=1S/C18H17FN4O2S/c1-18(13-5-3-2-4-6-13)15(24)23(17(25)21-18)22-16(26)20-11-12-7-9-14(19)10-8-12/h2-10H,11H2,1H3,(H,21,25)(H2,20,22,26)/t18-/m0/s1. The second kappa shape index (κ2) is 7.09. The third kappa shape index (κ3) is 3.50. The summed E-state index contributed by atoms with van der Waals surface area (Å²) in [5, 5.41) is 6.52. The van der Waals surface area contributed by atoms with Gasteiger partial charge < -0.3 is 10.6 Å². The molecule has 1 saturated heterocycles. The number of benzene rings is 2. The minimum absolute atomic E-state index is 0.107. The largest absolute Gasteiger partial charge is 0.357 e. The minimum atomic E-state index is -1.17. The van der Waals surface area contributed by atoms with E-state index in [1.54, 1.807) is 43.3 Å². The number of nitrogens with one attached hydrogen (secondary N) is 3. The summed E-state index contributed by atoms with van der Waals surface area (Å²) in [6.07, 6.45) is 0. The third-order valence-electron chi connectivity index (χ3n) is 4.12. The molecule has 0 radical (unpaired) electrons. The van der Waals surface area contributed by atoms with Gasteiger partial charge in [0.15, 0.2) is 5.11 Å². The molecular weight excluding hydrogens is 355 g/mol. The number of nitrogens with zero attached hydrogens (tertiary/aromatic N) is 1. The summed E-state index contributed by atoms with van der Waals surface area (Å²) in [4.78, 5) is 25.0. The average molecular weight is 372 g/mol. The van der Waals surface area contributed by atoms with E-state index in [4.69, 9.17) is 12.2 Å². The van der Waals surface area contributed by atoms with Crippen LogP contribution in [0, 0.1) is 5.82 Å². The number of hydrogen-bond acceptors (Lipinski definition) is 3. The monoisotopic (exact) mass is 372 g/mol. The van der Waals surface area contributed by atoms with E-state index < -0.39 is 17.5 Å². The second-order valence-corrected chi connectivity index (χ2v) is 6.39. The lowest BCUT2D eigenvalue weighted by atomic mass is 9.92. The van der Waals surface area contributed by atoms with Gasteiger partial charge in [0, 0.05) is 6.54 Å². The van der Waals surface area contributed by atoms with Gasteiger partial charge in [-0.2, -0.15) is 5.01 Å². The predicted octanol–water partition coefficient (Wildman–Crippen LogP) is 2.17. The van der Waals surface area contributed by atoms with Crippen LogP contribution in [0.2, 0.25) is 0 Å². The van der Waals surface area contributed by atoms with Crippen LogP contribution in [0.5, 0.6) is 0 Å². The van der Waals surface area contributed by atoms with Crippen molar-refractivity contribution in [3.05, 3.63) is 71.5 Å². The molecule has 8 heteroatoms. The predicted molar refractivity (Wildman–Crippen MR) is 98.1 cm³/mol. The van der Waals surface area contributed by atoms with Gasteiger partial charge in [-0.25, -0.2) is 9.18 Å². The fraction of sp³-hybridized carbons (Fsp3) is 0.167. The van der Waals surface area contributed by atoms with E-state index in [1.165, 1.54) is 12.1 Å². The topological polar surface area (TPSA) is 73.5 Å². The molecule has 3 amide bonds. The molecule has 2 aromatic carbocycles. The molecule has 1 aliphatic heterocycles. The minimum Gasteiger partial charge on any atom is -0.357 e. The zero-order valence-electron chi connectivity index (χ0n) is 14.0. The highest BCUT2D eigenvalue weighted by Gasteiger charge is 2.49. The van der Waals surface area contributed by atoms with Crippen molar-refractivity contribution in [1.82, 2.24) is 21.1 Å². The van der Waals surface area contributed by atoms with Crippen molar-refractivity contribution >= 4 is 29.3 Å². The third-order valence-corrected chi connectivity index (χ3v) is 4.36. The number of rotatable bonds is 4. The van der Waals surface area contributed by atoms with Gasteiger partial charge in [0.1, 0.15) is 11.4 Å². The fourth-order valence-electron chi connectivity index (χ4n) is 2.63. The molecule has 0 bridgehead atoms. The second-order valence-electron chi connectivity index (χ2n) is 5.98. The zero-order chi connectivity index (χ0) is 18.7. The Balaban J connectivity index is 1.64. The fourth-order valence-corrected chi connectivity index (χ4v) is 2.80. The number of carbonyl (C=O) groups is 2. The van der Waals surface area contributed by atoms with E-state index in [1.807, 2.05) is 6.07 Å². The Hall–Kier alpha value is -3.00. The van der Waals surface area contributed by atoms with Crippen LogP contribution in [-0.4, -0.2) is 22.1 Å². The van der Waals surface area contributed by atoms with Crippen LogP contribution in [0.25, 0.3) is 0 Å². The number of imide groups is 1. The number of thiocarbonyl (C=S) groups is 1. The zero-order valence-corrected chi connectivity index (χ0v) is 14.8. The molecule has 0 aliphatic carbocycles. The van der Waals surface area contributed by atoms with Crippen LogP contribution in [0.4, 0.5) is 9.18 Å². The Labute approximate surface area is 155 Å². The molecule has 2 aromatic rings. The molecule has 1 fully saturated rings. The molecule has 3 N–H and O–H groups in total. The van der Waals surface area contributed by atoms with Gasteiger partial charge in [0.2, 0.25) is 0 Å². The summed E-state index contributed by atoms with van der Waals surface area (Å²) in [6, 6.07) is 14.3. The summed E-state index contributed by atoms with van der Waals surface area (Å²) in [5.41, 5.74) is 2.92. The van der Waals surface area contributed by atoms with Crippen molar-refractivity contribution in [2.45, 2.75) is 19.0 Å². The van der Waals surface area contributed by atoms with E-state index >= 15 is 0 Å². The van der Waals surface area contributed by atoms with Crippen molar-refractivity contribution in [3.63, 3.8) is 0 Å². The van der Waals surface area contributed by atoms with Crippen LogP contribution in [0.1, 0.15) is 18.1 Å². The van der Waals surface area contributed by atoms with E-state index in [0.29, 0.717) is 12.1 Å². The van der Waals surface area contributed by atoms with Crippen LogP contribution in [0.15, 0.2) is 54.6 Å². The maximum atomic E-state index is 12.9. The maximum absolute atomic E-state index is 12.9. The van der Waals surface area contributed by atoms with Crippen LogP contribution < -0.4 is 16.1 Å². The van der Waals surface area contributed by atoms with Gasteiger partial charge in [-0.3, -0.25) is 10.2 Å². The Morgan fingerprint density at radius 1 is 1.15 bits per heavy atom. The Kier molecular flexibility index (Phi) is 4.85. The summed E-state index contributed by atoms with van der Waals surface area (Å²) in [6.45, 7) is 1.96. The molecule has 26 heavy (non-hydrogen) atoms. The molecule has 0 saturated carbocycles. The Morgan fingerprint density at radius 2 is 1.81 bits per heavy atom. The van der Waals surface area contributed by atoms with Gasteiger partial charge in [-0.15, -0.1) is 0 Å². The lowest BCUT2D eigenvalue weighted by Gasteiger charge is -2.22. The summed E-state index contributed by atoms with van der Waals surface area (Å²) < 4.78 is 12.9. The first kappa shape index (κ1) is 17.8. The molecule has 1 aliphatic rings. The highest BCUT2D eigenvalue weighted by atomic mass is 32.1. The summed E-state index contributed by atoms with van der Waals surface area (Å²) in [7, 11) is 0. The molecule has 6 nitrogen and oxygen atoms in total. The van der Waals surface area contributed by atoms with E-state index in [-0.39, 0.29) is 10.9 Å². The Bertz CT molecular complexity index is 844. The van der Waals surface area contributed by atoms with Crippen LogP contribution in [0.3, 0.4) is 0 Å². The lowest BCUT2D eigenvalue weighted by molar-refractivity contribution is -0.132. The van der Waals surface area contributed by atoms with Crippen molar-refractivity contribution in [2.75, 3.05) is 0 Å². The number of urea groups is 1. The van der Waals surface area contributed by atoms with Gasteiger partial charge in [0.25, 0.3) is 5.91 Å². The first-order valence-corrected chi connectivity index (χ1v) is 8.32. The molecule has 1 atom stereocenters. The number of amides is 3. The molecular formula is C18H17FN4O2S. The Morgan fingerprint density at radius 3 is 2.46 bits per heavy atom. The summed E-state index contributed by atoms with van der Waals surface area (Å²) >= 11 is 5.14. The van der Waals surface area contributed by atoms with Gasteiger partial charge >= 0.3 is 6.03 Å². The average Bonchev–Trinajstić information content (AvgIpc) is 2.86. The molecule has 134 valence electrons. The highest BCUT2D eigenvalue weighted by Crippen LogP contribution is 2.27. The first-order valence-electron chi connectivity index (χ1n) is 7.91. The lowest BCUT2D eigenvalue weighted by Crippen LogP contribution is -2.51. The highest BCUT2D eigenvalue weighted by molar-refractivity contribution is 7.80. The van der Waals surface area contributed by atoms with Gasteiger partial charge in [-0.05, 0) is 42.4 Å². The normalized spacial score (nSPS) is 19.2.